The minimum atomic E-state index is -2.64. The zero-order valence-electron chi connectivity index (χ0n) is 12.0. The molecular formula is C15H18F2N4O. The highest BCUT2D eigenvalue weighted by Gasteiger charge is 2.26. The summed E-state index contributed by atoms with van der Waals surface area (Å²) in [7, 11) is 0. The number of aromatic amines is 1. The van der Waals surface area contributed by atoms with E-state index in [0.29, 0.717) is 11.6 Å². The van der Waals surface area contributed by atoms with Gasteiger partial charge in [0.25, 0.3) is 12.3 Å². The van der Waals surface area contributed by atoms with Gasteiger partial charge >= 0.3 is 0 Å². The summed E-state index contributed by atoms with van der Waals surface area (Å²) in [6, 6.07) is 2.41. The topological polar surface area (TPSA) is 83.8 Å². The summed E-state index contributed by atoms with van der Waals surface area (Å²) in [4.78, 5) is 19.5. The van der Waals surface area contributed by atoms with E-state index in [9.17, 15) is 13.6 Å². The quantitative estimate of drug-likeness (QED) is 0.764. The maximum Gasteiger partial charge on any atom is 0.258 e. The predicted octanol–water partition coefficient (Wildman–Crippen LogP) is 2.15. The molecular weight excluding hydrogens is 290 g/mol. The van der Waals surface area contributed by atoms with Crippen molar-refractivity contribution in [3.05, 3.63) is 29.6 Å². The van der Waals surface area contributed by atoms with Crippen LogP contribution >= 0.6 is 0 Å². The van der Waals surface area contributed by atoms with Crippen molar-refractivity contribution in [2.75, 3.05) is 6.54 Å². The molecule has 1 saturated carbocycles. The summed E-state index contributed by atoms with van der Waals surface area (Å²) in [5.74, 6) is 0.00145. The highest BCUT2D eigenvalue weighted by atomic mass is 19.3. The molecule has 1 atom stereocenters. The van der Waals surface area contributed by atoms with Gasteiger partial charge in [0.15, 0.2) is 0 Å². The van der Waals surface area contributed by atoms with Crippen LogP contribution in [-0.2, 0) is 0 Å². The Bertz CT molecular complexity index is 681. The molecule has 0 spiro atoms. The molecule has 0 aliphatic heterocycles. The third-order valence-corrected chi connectivity index (χ3v) is 3.87. The lowest BCUT2D eigenvalue weighted by Crippen LogP contribution is -2.41. The van der Waals surface area contributed by atoms with E-state index < -0.39 is 18.4 Å². The van der Waals surface area contributed by atoms with E-state index in [1.165, 1.54) is 6.20 Å². The van der Waals surface area contributed by atoms with Gasteiger partial charge in [-0.1, -0.05) is 0 Å². The predicted molar refractivity (Wildman–Crippen MR) is 79.0 cm³/mol. The molecule has 7 heteroatoms. The van der Waals surface area contributed by atoms with Crippen molar-refractivity contribution in [2.24, 2.45) is 5.73 Å². The van der Waals surface area contributed by atoms with E-state index in [-0.39, 0.29) is 18.5 Å². The van der Waals surface area contributed by atoms with E-state index in [0.717, 1.165) is 23.9 Å². The minimum Gasteiger partial charge on any atom is -0.343 e. The second kappa shape index (κ2) is 6.00. The molecule has 5 nitrogen and oxygen atoms in total. The van der Waals surface area contributed by atoms with Crippen LogP contribution in [0.5, 0.6) is 0 Å². The summed E-state index contributed by atoms with van der Waals surface area (Å²) < 4.78 is 25.6. The third kappa shape index (κ3) is 3.09. The van der Waals surface area contributed by atoms with Crippen LogP contribution in [0.15, 0.2) is 18.3 Å². The van der Waals surface area contributed by atoms with E-state index >= 15 is 0 Å². The van der Waals surface area contributed by atoms with Crippen LogP contribution in [-0.4, -0.2) is 34.9 Å². The number of nitrogens with one attached hydrogen (secondary N) is 2. The van der Waals surface area contributed by atoms with Gasteiger partial charge in [0.1, 0.15) is 5.65 Å². The summed E-state index contributed by atoms with van der Waals surface area (Å²) >= 11 is 0. The molecule has 2 heterocycles. The largest absolute Gasteiger partial charge is 0.343 e. The number of amides is 1. The molecule has 3 rings (SSSR count). The van der Waals surface area contributed by atoms with Gasteiger partial charge in [0.2, 0.25) is 0 Å². The Kier molecular flexibility index (Phi) is 4.06. The zero-order chi connectivity index (χ0) is 15.7. The summed E-state index contributed by atoms with van der Waals surface area (Å²) in [6.45, 7) is 0.0924. The molecule has 1 aliphatic rings. The molecule has 0 radical (unpaired) electrons. The first-order valence-corrected chi connectivity index (χ1v) is 7.36. The number of hydrogen-bond acceptors (Lipinski definition) is 3. The maximum absolute atomic E-state index is 12.8. The van der Waals surface area contributed by atoms with Crippen molar-refractivity contribution in [1.29, 1.82) is 0 Å². The number of carbonyl (C=O) groups excluding carboxylic acids is 1. The lowest BCUT2D eigenvalue weighted by molar-refractivity contribution is 0.0731. The highest BCUT2D eigenvalue weighted by molar-refractivity contribution is 5.97. The number of nitrogens with two attached hydrogens (primary N) is 1. The summed E-state index contributed by atoms with van der Waals surface area (Å²) in [6.07, 6.45) is 1.12. The standard InChI is InChI=1S/C15H18F2N4O/c16-13(17)11(3-4-18)21-15(22)10-5-9-6-12(8-1-2-8)20-14(9)19-7-10/h5-8,11,13H,1-4,18H2,(H,19,20)(H,21,22). The van der Waals surface area contributed by atoms with Gasteiger partial charge in [0.05, 0.1) is 11.6 Å². The van der Waals surface area contributed by atoms with Crippen LogP contribution in [0, 0.1) is 0 Å². The Morgan fingerprint density at radius 1 is 1.45 bits per heavy atom. The van der Waals surface area contributed by atoms with Crippen LogP contribution in [0.3, 0.4) is 0 Å². The van der Waals surface area contributed by atoms with E-state index in [1.807, 2.05) is 6.07 Å². The molecule has 1 amide bonds. The number of carbonyl (C=O) groups is 1. The van der Waals surface area contributed by atoms with Gasteiger partial charge in [-0.15, -0.1) is 0 Å². The van der Waals surface area contributed by atoms with Crippen LogP contribution < -0.4 is 11.1 Å². The number of halogens is 2. The third-order valence-electron chi connectivity index (χ3n) is 3.87. The number of alkyl halides is 2. The number of aromatic nitrogens is 2. The Hall–Kier alpha value is -2.02. The normalized spacial score (nSPS) is 16.2. The van der Waals surface area contributed by atoms with Gasteiger partial charge in [-0.2, -0.15) is 0 Å². The summed E-state index contributed by atoms with van der Waals surface area (Å²) in [5.41, 5.74) is 7.40. The van der Waals surface area contributed by atoms with Crippen LogP contribution in [0.1, 0.15) is 41.2 Å². The van der Waals surface area contributed by atoms with Crippen molar-refractivity contribution < 1.29 is 13.6 Å². The first-order valence-electron chi connectivity index (χ1n) is 7.36. The van der Waals surface area contributed by atoms with Crippen molar-refractivity contribution in [3.63, 3.8) is 0 Å². The Morgan fingerprint density at radius 3 is 2.86 bits per heavy atom. The number of rotatable bonds is 6. The monoisotopic (exact) mass is 308 g/mol. The molecule has 2 aromatic heterocycles. The van der Waals surface area contributed by atoms with Crippen molar-refractivity contribution in [3.8, 4) is 0 Å². The Morgan fingerprint density at radius 2 is 2.23 bits per heavy atom. The molecule has 0 bridgehead atoms. The average molecular weight is 308 g/mol. The van der Waals surface area contributed by atoms with Gasteiger partial charge in [-0.05, 0) is 43.9 Å². The first-order chi connectivity index (χ1) is 10.6. The average Bonchev–Trinajstić information content (AvgIpc) is 3.25. The fourth-order valence-electron chi connectivity index (χ4n) is 2.47. The second-order valence-electron chi connectivity index (χ2n) is 5.65. The number of pyridine rings is 1. The molecule has 2 aromatic rings. The van der Waals surface area contributed by atoms with E-state index in [1.54, 1.807) is 6.07 Å². The Labute approximate surface area is 126 Å². The molecule has 1 aliphatic carbocycles. The van der Waals surface area contributed by atoms with E-state index in [4.69, 9.17) is 5.73 Å². The number of nitrogens with zero attached hydrogens (tertiary/aromatic N) is 1. The van der Waals surface area contributed by atoms with Crippen LogP contribution in [0.2, 0.25) is 0 Å². The molecule has 118 valence electrons. The number of H-pyrrole nitrogens is 1. The van der Waals surface area contributed by atoms with Gasteiger partial charge in [-0.25, -0.2) is 13.8 Å². The van der Waals surface area contributed by atoms with Crippen molar-refractivity contribution in [2.45, 2.75) is 37.6 Å². The SMILES string of the molecule is NCCC(NC(=O)c1cnc2[nH]c(C3CC3)cc2c1)C(F)F. The molecule has 22 heavy (non-hydrogen) atoms. The lowest BCUT2D eigenvalue weighted by atomic mass is 10.1. The fourth-order valence-corrected chi connectivity index (χ4v) is 2.47. The number of fused-ring (bicyclic) bond motifs is 1. The van der Waals surface area contributed by atoms with Gasteiger partial charge in [-0.3, -0.25) is 4.79 Å². The van der Waals surface area contributed by atoms with E-state index in [2.05, 4.69) is 15.3 Å². The van der Waals surface area contributed by atoms with Crippen molar-refractivity contribution >= 4 is 16.9 Å². The molecule has 0 aromatic carbocycles. The van der Waals surface area contributed by atoms with Crippen LogP contribution in [0.4, 0.5) is 8.78 Å². The second-order valence-corrected chi connectivity index (χ2v) is 5.65. The fraction of sp³-hybridized carbons (Fsp3) is 0.467. The highest BCUT2D eigenvalue weighted by Crippen LogP contribution is 2.40. The van der Waals surface area contributed by atoms with Gasteiger partial charge in [0, 0.05) is 17.3 Å². The molecule has 1 fully saturated rings. The molecule has 4 N–H and O–H groups in total. The Balaban J connectivity index is 1.78. The smallest absolute Gasteiger partial charge is 0.258 e. The molecule has 0 saturated heterocycles. The summed E-state index contributed by atoms with van der Waals surface area (Å²) in [5, 5.41) is 3.14. The number of hydrogen-bond donors (Lipinski definition) is 3. The van der Waals surface area contributed by atoms with Crippen LogP contribution in [0.25, 0.3) is 11.0 Å². The molecule has 1 unspecified atom stereocenters. The zero-order valence-corrected chi connectivity index (χ0v) is 12.0. The lowest BCUT2D eigenvalue weighted by Gasteiger charge is -2.16. The maximum atomic E-state index is 12.8. The van der Waals surface area contributed by atoms with Crippen molar-refractivity contribution in [1.82, 2.24) is 15.3 Å². The minimum absolute atomic E-state index is 0.0368. The van der Waals surface area contributed by atoms with Gasteiger partial charge < -0.3 is 16.0 Å². The first kappa shape index (κ1) is 14.9.